The third-order valence-electron chi connectivity index (χ3n) is 2.45. The van der Waals surface area contributed by atoms with Gasteiger partial charge in [-0.15, -0.1) is 16.8 Å². The molecule has 0 spiro atoms. The third kappa shape index (κ3) is 4.17. The molecule has 0 aliphatic rings. The Balaban J connectivity index is 2.13. The van der Waals surface area contributed by atoms with E-state index >= 15 is 0 Å². The van der Waals surface area contributed by atoms with Gasteiger partial charge in [0.1, 0.15) is 5.82 Å². The molecule has 2 aromatic rings. The summed E-state index contributed by atoms with van der Waals surface area (Å²) >= 11 is 5.73. The zero-order chi connectivity index (χ0) is 15.3. The van der Waals surface area contributed by atoms with Gasteiger partial charge < -0.3 is 5.32 Å². The van der Waals surface area contributed by atoms with Gasteiger partial charge in [-0.3, -0.25) is 4.72 Å². The molecule has 0 saturated heterocycles. The summed E-state index contributed by atoms with van der Waals surface area (Å²) in [5.41, 5.74) is 0. The predicted octanol–water partition coefficient (Wildman–Crippen LogP) is 2.53. The maximum atomic E-state index is 12.1. The van der Waals surface area contributed by atoms with Crippen LogP contribution >= 0.6 is 11.6 Å². The van der Waals surface area contributed by atoms with Crippen molar-refractivity contribution in [1.82, 2.24) is 10.2 Å². The Labute approximate surface area is 127 Å². The first kappa shape index (κ1) is 15.3. The highest BCUT2D eigenvalue weighted by atomic mass is 35.5. The molecular formula is C13H13ClN4O2S. The minimum absolute atomic E-state index is 0.0996. The van der Waals surface area contributed by atoms with Crippen LogP contribution in [0.3, 0.4) is 0 Å². The molecule has 1 aromatic heterocycles. The summed E-state index contributed by atoms with van der Waals surface area (Å²) in [6.45, 7) is 4.12. The third-order valence-corrected chi connectivity index (χ3v) is 4.08. The lowest BCUT2D eigenvalue weighted by Crippen LogP contribution is -2.14. The maximum absolute atomic E-state index is 12.1. The molecule has 0 unspecified atom stereocenters. The molecule has 110 valence electrons. The number of rotatable bonds is 6. The van der Waals surface area contributed by atoms with E-state index in [0.717, 1.165) is 0 Å². The minimum Gasteiger partial charge on any atom is -0.365 e. The molecule has 0 atom stereocenters. The normalized spacial score (nSPS) is 10.9. The van der Waals surface area contributed by atoms with Crippen LogP contribution in [-0.2, 0) is 10.0 Å². The molecule has 1 heterocycles. The highest BCUT2D eigenvalue weighted by molar-refractivity contribution is 7.92. The van der Waals surface area contributed by atoms with Crippen molar-refractivity contribution in [3.05, 3.63) is 54.1 Å². The molecule has 2 rings (SSSR count). The van der Waals surface area contributed by atoms with E-state index in [0.29, 0.717) is 17.4 Å². The summed E-state index contributed by atoms with van der Waals surface area (Å²) in [4.78, 5) is 0.0996. The van der Waals surface area contributed by atoms with Gasteiger partial charge in [0.15, 0.2) is 5.82 Å². The lowest BCUT2D eigenvalue weighted by atomic mass is 10.4. The Kier molecular flexibility index (Phi) is 4.77. The topological polar surface area (TPSA) is 84.0 Å². The Bertz CT molecular complexity index is 715. The molecule has 21 heavy (non-hydrogen) atoms. The van der Waals surface area contributed by atoms with Crippen molar-refractivity contribution in [2.75, 3.05) is 16.6 Å². The Morgan fingerprint density at radius 3 is 2.29 bits per heavy atom. The Morgan fingerprint density at radius 1 is 1.10 bits per heavy atom. The van der Waals surface area contributed by atoms with Crippen LogP contribution in [0.2, 0.25) is 5.02 Å². The number of anilines is 2. The van der Waals surface area contributed by atoms with E-state index in [-0.39, 0.29) is 10.7 Å². The van der Waals surface area contributed by atoms with Gasteiger partial charge in [0.25, 0.3) is 10.0 Å². The van der Waals surface area contributed by atoms with Crippen molar-refractivity contribution in [1.29, 1.82) is 0 Å². The Hall–Kier alpha value is -2.12. The first-order valence-corrected chi connectivity index (χ1v) is 7.84. The molecule has 6 nitrogen and oxygen atoms in total. The lowest BCUT2D eigenvalue weighted by molar-refractivity contribution is 0.601. The zero-order valence-corrected chi connectivity index (χ0v) is 12.5. The first-order chi connectivity index (χ1) is 10.0. The van der Waals surface area contributed by atoms with Crippen molar-refractivity contribution in [3.63, 3.8) is 0 Å². The van der Waals surface area contributed by atoms with E-state index in [4.69, 9.17) is 11.6 Å². The molecule has 8 heteroatoms. The van der Waals surface area contributed by atoms with Gasteiger partial charge in [-0.05, 0) is 36.4 Å². The number of nitrogens with zero attached hydrogens (tertiary/aromatic N) is 2. The van der Waals surface area contributed by atoms with Crippen molar-refractivity contribution in [3.8, 4) is 0 Å². The fourth-order valence-corrected chi connectivity index (χ4v) is 2.59. The fourth-order valence-electron chi connectivity index (χ4n) is 1.47. The van der Waals surface area contributed by atoms with E-state index in [2.05, 4.69) is 26.8 Å². The molecule has 0 amide bonds. The van der Waals surface area contributed by atoms with Crippen LogP contribution in [0.25, 0.3) is 0 Å². The molecule has 0 saturated carbocycles. The van der Waals surface area contributed by atoms with Crippen LogP contribution in [0.4, 0.5) is 11.6 Å². The van der Waals surface area contributed by atoms with Gasteiger partial charge in [-0.1, -0.05) is 17.7 Å². The number of hydrogen-bond donors (Lipinski definition) is 2. The number of hydrogen-bond acceptors (Lipinski definition) is 5. The second-order valence-corrected chi connectivity index (χ2v) is 6.15. The van der Waals surface area contributed by atoms with E-state index in [1.807, 2.05) is 0 Å². The van der Waals surface area contributed by atoms with Crippen molar-refractivity contribution < 1.29 is 8.42 Å². The second kappa shape index (κ2) is 6.55. The average molecular weight is 325 g/mol. The average Bonchev–Trinajstić information content (AvgIpc) is 2.47. The van der Waals surface area contributed by atoms with Gasteiger partial charge >= 0.3 is 0 Å². The van der Waals surface area contributed by atoms with E-state index in [9.17, 15) is 8.42 Å². The van der Waals surface area contributed by atoms with Gasteiger partial charge in [0.2, 0.25) is 0 Å². The quantitative estimate of drug-likeness (QED) is 0.798. The minimum atomic E-state index is -3.71. The van der Waals surface area contributed by atoms with Gasteiger partial charge in [-0.2, -0.15) is 0 Å². The van der Waals surface area contributed by atoms with Crippen LogP contribution in [-0.4, -0.2) is 25.2 Å². The van der Waals surface area contributed by atoms with Gasteiger partial charge in [-0.25, -0.2) is 8.42 Å². The van der Waals surface area contributed by atoms with Crippen molar-refractivity contribution >= 4 is 33.3 Å². The second-order valence-electron chi connectivity index (χ2n) is 4.03. The van der Waals surface area contributed by atoms with Crippen LogP contribution in [0.15, 0.2) is 53.9 Å². The number of halogens is 1. The highest BCUT2D eigenvalue weighted by Crippen LogP contribution is 2.17. The number of benzene rings is 1. The largest absolute Gasteiger partial charge is 0.365 e. The van der Waals surface area contributed by atoms with Gasteiger partial charge in [0, 0.05) is 11.6 Å². The summed E-state index contributed by atoms with van der Waals surface area (Å²) in [7, 11) is -3.71. The molecule has 1 aromatic carbocycles. The summed E-state index contributed by atoms with van der Waals surface area (Å²) in [5.74, 6) is 0.665. The number of sulfonamides is 1. The van der Waals surface area contributed by atoms with Crippen molar-refractivity contribution in [2.45, 2.75) is 4.90 Å². The number of nitrogens with one attached hydrogen (secondary N) is 2. The SMILES string of the molecule is C=CCNc1ccc(NS(=O)(=O)c2ccc(Cl)cc2)nn1. The standard InChI is InChI=1S/C13H13ClN4O2S/c1-2-9-15-12-7-8-13(17-16-12)18-21(19,20)11-5-3-10(14)4-6-11/h2-8H,1,9H2,(H,15,16)(H,17,18). The summed E-state index contributed by atoms with van der Waals surface area (Å²) < 4.78 is 26.6. The fraction of sp³-hybridized carbons (Fsp3) is 0.0769. The Morgan fingerprint density at radius 2 is 1.71 bits per heavy atom. The maximum Gasteiger partial charge on any atom is 0.263 e. The summed E-state index contributed by atoms with van der Waals surface area (Å²) in [5, 5.41) is 11.1. The van der Waals surface area contributed by atoms with E-state index in [1.54, 1.807) is 12.1 Å². The predicted molar refractivity (Wildman–Crippen MR) is 83.0 cm³/mol. The zero-order valence-electron chi connectivity index (χ0n) is 11.0. The molecule has 0 bridgehead atoms. The lowest BCUT2D eigenvalue weighted by Gasteiger charge is -2.07. The molecule has 0 fully saturated rings. The van der Waals surface area contributed by atoms with E-state index in [1.165, 1.54) is 30.3 Å². The van der Waals surface area contributed by atoms with Crippen LogP contribution in [0.1, 0.15) is 0 Å². The summed E-state index contributed by atoms with van der Waals surface area (Å²) in [6.07, 6.45) is 1.68. The summed E-state index contributed by atoms with van der Waals surface area (Å²) in [6, 6.07) is 8.98. The van der Waals surface area contributed by atoms with Crippen LogP contribution in [0, 0.1) is 0 Å². The molecule has 0 aliphatic heterocycles. The van der Waals surface area contributed by atoms with Crippen LogP contribution < -0.4 is 10.0 Å². The van der Waals surface area contributed by atoms with Crippen molar-refractivity contribution in [2.24, 2.45) is 0 Å². The molecule has 0 aliphatic carbocycles. The molecule has 2 N–H and O–H groups in total. The highest BCUT2D eigenvalue weighted by Gasteiger charge is 2.14. The van der Waals surface area contributed by atoms with E-state index < -0.39 is 10.0 Å². The molecule has 0 radical (unpaired) electrons. The smallest absolute Gasteiger partial charge is 0.263 e. The van der Waals surface area contributed by atoms with Gasteiger partial charge in [0.05, 0.1) is 4.90 Å². The monoisotopic (exact) mass is 324 g/mol. The molecular weight excluding hydrogens is 312 g/mol. The van der Waals surface area contributed by atoms with Crippen LogP contribution in [0.5, 0.6) is 0 Å². The first-order valence-electron chi connectivity index (χ1n) is 5.98. The number of aromatic nitrogens is 2.